The van der Waals surface area contributed by atoms with Gasteiger partial charge < -0.3 is 9.67 Å². The van der Waals surface area contributed by atoms with Crippen molar-refractivity contribution >= 4 is 21.8 Å². The molecule has 0 fully saturated rings. The Balaban J connectivity index is 2.11. The molecule has 2 aliphatic carbocycles. The highest BCUT2D eigenvalue weighted by molar-refractivity contribution is 7.93. The van der Waals surface area contributed by atoms with Crippen LogP contribution in [0.2, 0.25) is 0 Å². The van der Waals surface area contributed by atoms with Gasteiger partial charge in [0.1, 0.15) is 6.54 Å². The topological polar surface area (TPSA) is 119 Å². The van der Waals surface area contributed by atoms with E-state index in [0.29, 0.717) is 36.9 Å². The van der Waals surface area contributed by atoms with E-state index in [0.717, 1.165) is 11.3 Å². The largest absolute Gasteiger partial charge is 0.480 e. The van der Waals surface area contributed by atoms with Crippen molar-refractivity contribution in [2.24, 2.45) is 16.5 Å². The van der Waals surface area contributed by atoms with Crippen LogP contribution in [0.5, 0.6) is 0 Å². The third-order valence-corrected chi connectivity index (χ3v) is 6.74. The third kappa shape index (κ3) is 3.84. The van der Waals surface area contributed by atoms with E-state index in [1.165, 1.54) is 6.08 Å². The van der Waals surface area contributed by atoms with Gasteiger partial charge in [-0.25, -0.2) is 13.6 Å². The number of Topliss-reactive ketones (excluding diaryl/α,β-unsaturated/α-hetero) is 1. The van der Waals surface area contributed by atoms with Crippen LogP contribution in [-0.4, -0.2) is 29.8 Å². The lowest BCUT2D eigenvalue weighted by molar-refractivity contribution is -0.137. The summed E-state index contributed by atoms with van der Waals surface area (Å²) in [5.41, 5.74) is 2.51. The molecule has 0 radical (unpaired) electrons. The van der Waals surface area contributed by atoms with E-state index in [1.54, 1.807) is 17.6 Å². The Morgan fingerprint density at radius 2 is 2.04 bits per heavy atom. The van der Waals surface area contributed by atoms with Crippen LogP contribution >= 0.6 is 0 Å². The SMILES string of the molecule is Cc1c(CC2CC=CC=C2S(N)(=O)=O)c2c(n1CC(=O)O)CC(C)(C)CC2=O. The molecule has 1 aromatic rings. The lowest BCUT2D eigenvalue weighted by Gasteiger charge is -2.30. The summed E-state index contributed by atoms with van der Waals surface area (Å²) < 4.78 is 25.7. The molecule has 0 aliphatic heterocycles. The first kappa shape index (κ1) is 20.5. The van der Waals surface area contributed by atoms with E-state index in [1.807, 2.05) is 19.9 Å². The Morgan fingerprint density at radius 3 is 2.64 bits per heavy atom. The lowest BCUT2D eigenvalue weighted by Crippen LogP contribution is -2.29. The van der Waals surface area contributed by atoms with Gasteiger partial charge in [-0.1, -0.05) is 26.0 Å². The Morgan fingerprint density at radius 1 is 1.36 bits per heavy atom. The minimum atomic E-state index is -3.85. The van der Waals surface area contributed by atoms with Crippen molar-refractivity contribution in [1.29, 1.82) is 0 Å². The smallest absolute Gasteiger partial charge is 0.323 e. The number of carbonyl (C=O) groups excluding carboxylic acids is 1. The molecule has 2 aliphatic rings. The van der Waals surface area contributed by atoms with Crippen LogP contribution in [0.4, 0.5) is 0 Å². The normalized spacial score (nSPS) is 21.4. The summed E-state index contributed by atoms with van der Waals surface area (Å²) in [5.74, 6) is -1.36. The highest BCUT2D eigenvalue weighted by atomic mass is 32.2. The van der Waals surface area contributed by atoms with Gasteiger partial charge in [-0.2, -0.15) is 0 Å². The molecule has 1 heterocycles. The van der Waals surface area contributed by atoms with Crippen molar-refractivity contribution in [3.63, 3.8) is 0 Å². The van der Waals surface area contributed by atoms with E-state index in [2.05, 4.69) is 0 Å². The molecule has 152 valence electrons. The zero-order chi connectivity index (χ0) is 20.9. The summed E-state index contributed by atoms with van der Waals surface area (Å²) in [6.45, 7) is 5.57. The van der Waals surface area contributed by atoms with E-state index in [9.17, 15) is 23.1 Å². The fraction of sp³-hybridized carbons (Fsp3) is 0.500. The minimum Gasteiger partial charge on any atom is -0.480 e. The van der Waals surface area contributed by atoms with Crippen molar-refractivity contribution in [2.75, 3.05) is 0 Å². The molecule has 1 atom stereocenters. The second kappa shape index (κ2) is 7.00. The molecular weight excluding hydrogens is 380 g/mol. The molecule has 3 N–H and O–H groups in total. The zero-order valence-electron chi connectivity index (χ0n) is 16.4. The molecule has 0 saturated carbocycles. The van der Waals surface area contributed by atoms with Crippen LogP contribution in [0, 0.1) is 18.3 Å². The molecule has 0 amide bonds. The molecule has 7 nitrogen and oxygen atoms in total. The summed E-state index contributed by atoms with van der Waals surface area (Å²) in [7, 11) is -3.85. The predicted octanol–water partition coefficient (Wildman–Crippen LogP) is 2.33. The maximum absolute atomic E-state index is 13.0. The molecular formula is C20H26N2O5S. The Labute approximate surface area is 165 Å². The number of carboxylic acid groups (broad SMARTS) is 1. The predicted molar refractivity (Wildman–Crippen MR) is 105 cm³/mol. The number of hydrogen-bond donors (Lipinski definition) is 2. The number of aromatic nitrogens is 1. The van der Waals surface area contributed by atoms with Crippen LogP contribution in [0.25, 0.3) is 0 Å². The van der Waals surface area contributed by atoms with E-state index >= 15 is 0 Å². The molecule has 0 aromatic carbocycles. The molecule has 0 saturated heterocycles. The van der Waals surface area contributed by atoms with Gasteiger partial charge in [-0.3, -0.25) is 9.59 Å². The fourth-order valence-corrected chi connectivity index (χ4v) is 5.33. The Bertz CT molecular complexity index is 1010. The number of nitrogens with two attached hydrogens (primary N) is 1. The third-order valence-electron chi connectivity index (χ3n) is 5.61. The molecule has 0 spiro atoms. The van der Waals surface area contributed by atoms with Gasteiger partial charge in [0.2, 0.25) is 10.0 Å². The van der Waals surface area contributed by atoms with Gasteiger partial charge in [0, 0.05) is 29.3 Å². The van der Waals surface area contributed by atoms with Crippen LogP contribution in [-0.2, 0) is 34.2 Å². The Hall–Kier alpha value is -2.19. The van der Waals surface area contributed by atoms with E-state index < -0.39 is 16.0 Å². The highest BCUT2D eigenvalue weighted by Crippen LogP contribution is 2.40. The average molecular weight is 407 g/mol. The zero-order valence-corrected chi connectivity index (χ0v) is 17.2. The first-order chi connectivity index (χ1) is 12.9. The maximum atomic E-state index is 13.0. The highest BCUT2D eigenvalue weighted by Gasteiger charge is 2.38. The Kier molecular flexibility index (Phi) is 5.14. The second-order valence-corrected chi connectivity index (χ2v) is 10.0. The number of rotatable bonds is 5. The second-order valence-electron chi connectivity index (χ2n) is 8.49. The van der Waals surface area contributed by atoms with Crippen LogP contribution in [0.3, 0.4) is 0 Å². The van der Waals surface area contributed by atoms with Gasteiger partial charge >= 0.3 is 5.97 Å². The van der Waals surface area contributed by atoms with E-state index in [-0.39, 0.29) is 28.6 Å². The average Bonchev–Trinajstić information content (AvgIpc) is 2.78. The van der Waals surface area contributed by atoms with Gasteiger partial charge in [0.05, 0.1) is 4.91 Å². The number of ketones is 1. The fourth-order valence-electron chi connectivity index (χ4n) is 4.42. The lowest BCUT2D eigenvalue weighted by atomic mass is 9.74. The standard InChI is InChI=1S/C20H26N2O5S/c1-12-14(8-13-6-4-5-7-17(13)28(21,26)27)19-15(22(12)11-18(24)25)9-20(2,3)10-16(19)23/h4-5,7,13H,6,8-11H2,1-3H3,(H,24,25)(H2,21,26,27). The molecule has 8 heteroatoms. The summed E-state index contributed by atoms with van der Waals surface area (Å²) in [4.78, 5) is 24.5. The molecule has 1 aromatic heterocycles. The summed E-state index contributed by atoms with van der Waals surface area (Å²) in [6.07, 6.45) is 6.86. The van der Waals surface area contributed by atoms with Gasteiger partial charge in [-0.15, -0.1) is 0 Å². The number of fused-ring (bicyclic) bond motifs is 1. The summed E-state index contributed by atoms with van der Waals surface area (Å²) in [6, 6.07) is 0. The van der Waals surface area contributed by atoms with Crippen molar-refractivity contribution in [1.82, 2.24) is 4.57 Å². The van der Waals surface area contributed by atoms with Gasteiger partial charge in [0.15, 0.2) is 5.78 Å². The first-order valence-corrected chi connectivity index (χ1v) is 10.8. The molecule has 28 heavy (non-hydrogen) atoms. The maximum Gasteiger partial charge on any atom is 0.323 e. The molecule has 3 rings (SSSR count). The monoisotopic (exact) mass is 406 g/mol. The number of aliphatic carboxylic acids is 1. The number of hydrogen-bond acceptors (Lipinski definition) is 4. The first-order valence-electron chi connectivity index (χ1n) is 9.26. The minimum absolute atomic E-state index is 0.0130. The number of nitrogens with zero attached hydrogens (tertiary/aromatic N) is 1. The van der Waals surface area contributed by atoms with Crippen molar-refractivity contribution in [3.05, 3.63) is 45.6 Å². The summed E-state index contributed by atoms with van der Waals surface area (Å²) >= 11 is 0. The van der Waals surface area contributed by atoms with Crippen molar-refractivity contribution < 1.29 is 23.1 Å². The quantitative estimate of drug-likeness (QED) is 0.778. The number of sulfonamides is 1. The molecule has 1 unspecified atom stereocenters. The summed E-state index contributed by atoms with van der Waals surface area (Å²) in [5, 5.41) is 14.7. The molecule has 0 bridgehead atoms. The van der Waals surface area contributed by atoms with Gasteiger partial charge in [-0.05, 0) is 43.2 Å². The number of allylic oxidation sites excluding steroid dienone is 4. The van der Waals surface area contributed by atoms with Crippen LogP contribution < -0.4 is 5.14 Å². The number of carbonyl (C=O) groups is 2. The van der Waals surface area contributed by atoms with E-state index in [4.69, 9.17) is 5.14 Å². The van der Waals surface area contributed by atoms with Crippen LogP contribution in [0.1, 0.15) is 54.0 Å². The number of carboxylic acids is 1. The van der Waals surface area contributed by atoms with Crippen LogP contribution in [0.15, 0.2) is 23.1 Å². The van der Waals surface area contributed by atoms with Crippen molar-refractivity contribution in [3.8, 4) is 0 Å². The van der Waals surface area contributed by atoms with Crippen molar-refractivity contribution in [2.45, 2.75) is 53.0 Å². The number of primary sulfonamides is 1. The van der Waals surface area contributed by atoms with Gasteiger partial charge in [0.25, 0.3) is 0 Å².